The molecule has 3 fully saturated rings. The van der Waals surface area contributed by atoms with Gasteiger partial charge in [0.25, 0.3) is 0 Å². The molecule has 1 amide bonds. The van der Waals surface area contributed by atoms with Crippen LogP contribution in [0.2, 0.25) is 0 Å². The van der Waals surface area contributed by atoms with Crippen molar-refractivity contribution in [2.75, 3.05) is 26.4 Å². The molecule has 3 saturated heterocycles. The van der Waals surface area contributed by atoms with Gasteiger partial charge in [0.2, 0.25) is 5.91 Å². The Morgan fingerprint density at radius 3 is 1.15 bits per heavy atom. The molecule has 19 nitrogen and oxygen atoms in total. The quantitative estimate of drug-likeness (QED) is 0.0200. The van der Waals surface area contributed by atoms with Gasteiger partial charge >= 0.3 is 0 Å². The monoisotopic (exact) mass is 1240 g/mol. The zero-order chi connectivity index (χ0) is 63.3. The molecule has 0 aromatic rings. The number of unbranched alkanes of at least 4 members (excludes halogenated alkanes) is 30. The van der Waals surface area contributed by atoms with E-state index < -0.39 is 124 Å². The lowest BCUT2D eigenvalue weighted by Gasteiger charge is -2.48. The number of carbonyl (C=O) groups excluding carboxylic acids is 1. The first-order valence-electron chi connectivity index (χ1n) is 34.4. The first-order chi connectivity index (χ1) is 42.3. The van der Waals surface area contributed by atoms with Gasteiger partial charge in [0.15, 0.2) is 18.9 Å². The summed E-state index contributed by atoms with van der Waals surface area (Å²) in [5.41, 5.74) is 0. The first-order valence-corrected chi connectivity index (χ1v) is 34.4. The third kappa shape index (κ3) is 32.7. The summed E-state index contributed by atoms with van der Waals surface area (Å²) in [5, 5.41) is 120. The van der Waals surface area contributed by atoms with Crippen molar-refractivity contribution in [3.63, 3.8) is 0 Å². The molecular formula is C68H123NO18. The number of nitrogens with one attached hydrogen (secondary N) is 1. The number of allylic oxidation sites excluding steroid dienone is 7. The molecule has 17 atom stereocenters. The lowest BCUT2D eigenvalue weighted by molar-refractivity contribution is -0.379. The summed E-state index contributed by atoms with van der Waals surface area (Å²) in [6, 6.07) is -0.998. The fourth-order valence-electron chi connectivity index (χ4n) is 11.5. The Bertz CT molecular complexity index is 1770. The molecule has 3 aliphatic rings. The molecule has 0 spiro atoms. The van der Waals surface area contributed by atoms with Crippen LogP contribution in [0.3, 0.4) is 0 Å². The maximum Gasteiger partial charge on any atom is 0.220 e. The van der Waals surface area contributed by atoms with E-state index in [9.17, 15) is 61.0 Å². The third-order valence-electron chi connectivity index (χ3n) is 17.1. The van der Waals surface area contributed by atoms with Crippen LogP contribution in [0.5, 0.6) is 0 Å². The van der Waals surface area contributed by atoms with Crippen LogP contribution in [0, 0.1) is 0 Å². The molecule has 3 aliphatic heterocycles. The highest BCUT2D eigenvalue weighted by atomic mass is 16.8. The minimum absolute atomic E-state index is 0.229. The van der Waals surface area contributed by atoms with Gasteiger partial charge in [-0.2, -0.15) is 0 Å². The van der Waals surface area contributed by atoms with E-state index in [1.165, 1.54) is 154 Å². The Labute approximate surface area is 523 Å². The smallest absolute Gasteiger partial charge is 0.220 e. The van der Waals surface area contributed by atoms with Crippen molar-refractivity contribution >= 4 is 5.91 Å². The van der Waals surface area contributed by atoms with Crippen molar-refractivity contribution in [1.82, 2.24) is 5.32 Å². The van der Waals surface area contributed by atoms with E-state index >= 15 is 0 Å². The van der Waals surface area contributed by atoms with Crippen molar-refractivity contribution in [2.24, 2.45) is 0 Å². The SMILES string of the molecule is CCCCCCCCCC/C=C\CCCCCCCCCCCC(=O)NC(COC1OC(CO)C(OC2OC(CO)C(OC3OC(CO)C(O)C(O)C3O)C(O)C2O)C(O)C1O)C(O)/C=C/CC/C=C/CC/C=C/CCCCCCCCCCCCC. The number of rotatable bonds is 52. The van der Waals surface area contributed by atoms with Crippen molar-refractivity contribution in [3.05, 3.63) is 48.6 Å². The van der Waals surface area contributed by atoms with Crippen LogP contribution >= 0.6 is 0 Å². The van der Waals surface area contributed by atoms with Gasteiger partial charge in [0, 0.05) is 6.42 Å². The van der Waals surface area contributed by atoms with Crippen LogP contribution in [0.25, 0.3) is 0 Å². The molecule has 0 aliphatic carbocycles. The molecular weight excluding hydrogens is 1120 g/mol. The fraction of sp³-hybridized carbons (Fsp3) is 0.868. The number of hydrogen-bond acceptors (Lipinski definition) is 18. The van der Waals surface area contributed by atoms with Crippen LogP contribution < -0.4 is 5.32 Å². The van der Waals surface area contributed by atoms with Gasteiger partial charge in [-0.3, -0.25) is 4.79 Å². The highest BCUT2D eigenvalue weighted by Crippen LogP contribution is 2.33. The average molecular weight is 1240 g/mol. The Balaban J connectivity index is 1.47. The van der Waals surface area contributed by atoms with E-state index in [1.807, 2.05) is 6.08 Å². The second-order valence-corrected chi connectivity index (χ2v) is 24.6. The predicted molar refractivity (Wildman–Crippen MR) is 337 cm³/mol. The number of carbonyl (C=O) groups is 1. The molecule has 17 unspecified atom stereocenters. The number of hydrogen-bond donors (Lipinski definition) is 12. The number of ether oxygens (including phenoxy) is 6. The van der Waals surface area contributed by atoms with Crippen LogP contribution in [0.15, 0.2) is 48.6 Å². The number of aliphatic hydroxyl groups is 11. The highest BCUT2D eigenvalue weighted by molar-refractivity contribution is 5.76. The molecule has 0 aromatic heterocycles. The normalized spacial score (nSPS) is 28.9. The largest absolute Gasteiger partial charge is 0.394 e. The summed E-state index contributed by atoms with van der Waals surface area (Å²) in [7, 11) is 0. The topological polar surface area (TPSA) is 307 Å². The molecule has 3 heterocycles. The van der Waals surface area contributed by atoms with E-state index in [-0.39, 0.29) is 18.9 Å². The third-order valence-corrected chi connectivity index (χ3v) is 17.1. The summed E-state index contributed by atoms with van der Waals surface area (Å²) in [4.78, 5) is 13.4. The Morgan fingerprint density at radius 1 is 0.402 bits per heavy atom. The molecule has 87 heavy (non-hydrogen) atoms. The number of amides is 1. The minimum Gasteiger partial charge on any atom is -0.394 e. The molecule has 0 bridgehead atoms. The van der Waals surface area contributed by atoms with E-state index in [1.54, 1.807) is 6.08 Å². The van der Waals surface area contributed by atoms with Crippen LogP contribution in [0.4, 0.5) is 0 Å². The van der Waals surface area contributed by atoms with Gasteiger partial charge in [-0.15, -0.1) is 0 Å². The number of aliphatic hydroxyl groups excluding tert-OH is 11. The van der Waals surface area contributed by atoms with Gasteiger partial charge in [0.1, 0.15) is 73.2 Å². The van der Waals surface area contributed by atoms with E-state index in [0.29, 0.717) is 12.8 Å². The van der Waals surface area contributed by atoms with Crippen LogP contribution in [0.1, 0.15) is 245 Å². The van der Waals surface area contributed by atoms with E-state index in [0.717, 1.165) is 57.8 Å². The molecule has 0 radical (unpaired) electrons. The van der Waals surface area contributed by atoms with Gasteiger partial charge in [-0.25, -0.2) is 0 Å². The zero-order valence-electron chi connectivity index (χ0n) is 53.5. The van der Waals surface area contributed by atoms with Crippen molar-refractivity contribution < 1.29 is 89.4 Å². The average Bonchev–Trinajstić information content (AvgIpc) is 2.40. The fourth-order valence-corrected chi connectivity index (χ4v) is 11.5. The Kier molecular flexibility index (Phi) is 45.7. The van der Waals surface area contributed by atoms with Gasteiger partial charge in [-0.1, -0.05) is 217 Å². The summed E-state index contributed by atoms with van der Waals surface area (Å²) < 4.78 is 34.3. The lowest BCUT2D eigenvalue weighted by Crippen LogP contribution is -2.66. The molecule has 3 rings (SSSR count). The van der Waals surface area contributed by atoms with Crippen LogP contribution in [-0.4, -0.2) is 193 Å². The second-order valence-electron chi connectivity index (χ2n) is 24.6. The van der Waals surface area contributed by atoms with Crippen molar-refractivity contribution in [3.8, 4) is 0 Å². The van der Waals surface area contributed by atoms with Gasteiger partial charge in [-0.05, 0) is 70.6 Å². The van der Waals surface area contributed by atoms with E-state index in [4.69, 9.17) is 28.4 Å². The maximum atomic E-state index is 13.4. The predicted octanol–water partition coefficient (Wildman–Crippen LogP) is 8.61. The van der Waals surface area contributed by atoms with Crippen molar-refractivity contribution in [2.45, 2.75) is 349 Å². The molecule has 508 valence electrons. The summed E-state index contributed by atoms with van der Waals surface area (Å²) in [5.74, 6) is -0.291. The zero-order valence-corrected chi connectivity index (χ0v) is 53.5. The maximum absolute atomic E-state index is 13.4. The second kappa shape index (κ2) is 50.3. The molecule has 19 heteroatoms. The summed E-state index contributed by atoms with van der Waals surface area (Å²) in [6.45, 7) is 1.72. The standard InChI is InChI=1S/C68H123NO18/c1-3-5-7-9-11-13-15-17-19-21-23-25-27-29-31-33-35-37-39-41-43-45-52(73)51(69-56(74)46-44-42-40-38-36-34-32-30-28-26-24-22-20-18-16-14-12-10-8-6-4-2)50-82-66-62(80)59(77)64(54(48-71)84-66)87-68-63(81)60(78)65(55(49-72)85-68)86-67-61(79)58(76)57(75)53(47-70)83-67/h22,24,27,29,35,37,43,45,51-55,57-68,70-73,75-81H,3-21,23,25-26,28,30-34,36,38-42,44,46-50H2,1-2H3,(H,69,74)/b24-22-,29-27+,37-35+,45-43+. The summed E-state index contributed by atoms with van der Waals surface area (Å²) >= 11 is 0. The first kappa shape index (κ1) is 79.0. The molecule has 0 saturated carbocycles. The summed E-state index contributed by atoms with van der Waals surface area (Å²) in [6.07, 6.45) is 32.3. The lowest BCUT2D eigenvalue weighted by atomic mass is 9.96. The van der Waals surface area contributed by atoms with Crippen molar-refractivity contribution in [1.29, 1.82) is 0 Å². The highest BCUT2D eigenvalue weighted by Gasteiger charge is 2.53. The minimum atomic E-state index is -1.98. The van der Waals surface area contributed by atoms with Crippen LogP contribution in [-0.2, 0) is 33.2 Å². The van der Waals surface area contributed by atoms with E-state index in [2.05, 4.69) is 55.6 Å². The molecule has 0 aromatic carbocycles. The molecule has 12 N–H and O–H groups in total. The van der Waals surface area contributed by atoms with Gasteiger partial charge < -0.3 is 89.9 Å². The van der Waals surface area contributed by atoms with Gasteiger partial charge in [0.05, 0.1) is 38.6 Å². The Morgan fingerprint density at radius 2 is 0.736 bits per heavy atom. The Hall–Kier alpha value is -2.25.